The monoisotopic (exact) mass is 309 g/mol. The minimum absolute atomic E-state index is 0.0832. The number of benzene rings is 1. The number of amides is 1. The van der Waals surface area contributed by atoms with Crippen molar-refractivity contribution < 1.29 is 13.2 Å². The molecule has 0 aromatic heterocycles. The maximum absolute atomic E-state index is 11.5. The van der Waals surface area contributed by atoms with Crippen molar-refractivity contribution in [3.63, 3.8) is 0 Å². The van der Waals surface area contributed by atoms with Crippen LogP contribution in [0.4, 0.5) is 5.69 Å². The Bertz CT molecular complexity index is 547. The molecule has 1 N–H and O–H groups in total. The molecule has 1 aromatic rings. The summed E-state index contributed by atoms with van der Waals surface area (Å²) >= 11 is 5.95. The molecule has 7 heteroatoms. The van der Waals surface area contributed by atoms with Crippen LogP contribution in [-0.4, -0.2) is 14.3 Å². The molecule has 0 unspecified atom stereocenters. The first-order valence-electron chi connectivity index (χ1n) is 5.30. The topological polar surface area (TPSA) is 63.2 Å². The van der Waals surface area contributed by atoms with E-state index in [2.05, 4.69) is 5.32 Å². The Kier molecular flexibility index (Phi) is 5.01. The minimum Gasteiger partial charge on any atom is -0.325 e. The summed E-state index contributed by atoms with van der Waals surface area (Å²) in [5.41, 5.74) is 0.963. The Morgan fingerprint density at radius 1 is 1.39 bits per heavy atom. The van der Waals surface area contributed by atoms with Crippen LogP contribution in [0.15, 0.2) is 17.0 Å². The molecule has 0 aliphatic heterocycles. The number of hydrogen-bond acceptors (Lipinski definition) is 3. The molecule has 0 aliphatic rings. The first-order chi connectivity index (χ1) is 8.25. The number of rotatable bonds is 4. The minimum atomic E-state index is -3.83. The Labute approximate surface area is 116 Å². The van der Waals surface area contributed by atoms with Gasteiger partial charge in [0.25, 0.3) is 9.05 Å². The Morgan fingerprint density at radius 3 is 2.44 bits per heavy atom. The first kappa shape index (κ1) is 15.3. The molecule has 0 atom stereocenters. The van der Waals surface area contributed by atoms with Crippen LogP contribution in [0.2, 0.25) is 5.02 Å². The Balaban J connectivity index is 3.13. The van der Waals surface area contributed by atoms with Gasteiger partial charge in [0, 0.05) is 17.1 Å². The SMILES string of the molecule is CCCC(=O)Nc1c(C)cc(S(=O)(=O)Cl)cc1Cl. The highest BCUT2D eigenvalue weighted by molar-refractivity contribution is 8.13. The molecule has 4 nitrogen and oxygen atoms in total. The van der Waals surface area contributed by atoms with Gasteiger partial charge in [-0.3, -0.25) is 4.79 Å². The van der Waals surface area contributed by atoms with Crippen LogP contribution in [0.1, 0.15) is 25.3 Å². The van der Waals surface area contributed by atoms with E-state index in [1.54, 1.807) is 6.92 Å². The summed E-state index contributed by atoms with van der Waals surface area (Å²) in [6.45, 7) is 3.54. The fourth-order valence-electron chi connectivity index (χ4n) is 1.44. The van der Waals surface area contributed by atoms with E-state index in [1.807, 2.05) is 6.92 Å². The lowest BCUT2D eigenvalue weighted by Crippen LogP contribution is -2.12. The van der Waals surface area contributed by atoms with Crippen LogP contribution in [0.5, 0.6) is 0 Å². The van der Waals surface area contributed by atoms with Crippen molar-refractivity contribution in [3.8, 4) is 0 Å². The van der Waals surface area contributed by atoms with Crippen LogP contribution in [0, 0.1) is 6.92 Å². The van der Waals surface area contributed by atoms with Gasteiger partial charge >= 0.3 is 0 Å². The van der Waals surface area contributed by atoms with Gasteiger partial charge in [-0.25, -0.2) is 8.42 Å². The highest BCUT2D eigenvalue weighted by Gasteiger charge is 2.16. The summed E-state index contributed by atoms with van der Waals surface area (Å²) in [6, 6.07) is 2.59. The average Bonchev–Trinajstić information content (AvgIpc) is 2.22. The molecule has 1 amide bonds. The standard InChI is InChI=1S/C11H13Cl2NO3S/c1-3-4-10(15)14-11-7(2)5-8(6-9(11)12)18(13,16)17/h5-6H,3-4H2,1-2H3,(H,14,15). The summed E-state index contributed by atoms with van der Waals surface area (Å²) in [4.78, 5) is 11.4. The van der Waals surface area contributed by atoms with Gasteiger partial charge in [0.05, 0.1) is 15.6 Å². The summed E-state index contributed by atoms with van der Waals surface area (Å²) in [5, 5.41) is 2.80. The number of carbonyl (C=O) groups is 1. The Hall–Kier alpha value is -0.780. The van der Waals surface area contributed by atoms with E-state index in [9.17, 15) is 13.2 Å². The lowest BCUT2D eigenvalue weighted by Gasteiger charge is -2.11. The zero-order valence-corrected chi connectivity index (χ0v) is 12.3. The van der Waals surface area contributed by atoms with Gasteiger partial charge in [0.2, 0.25) is 5.91 Å². The van der Waals surface area contributed by atoms with Crippen molar-refractivity contribution in [2.24, 2.45) is 0 Å². The fraction of sp³-hybridized carbons (Fsp3) is 0.364. The number of nitrogens with one attached hydrogen (secondary N) is 1. The lowest BCUT2D eigenvalue weighted by atomic mass is 10.2. The van der Waals surface area contributed by atoms with Crippen LogP contribution < -0.4 is 5.32 Å². The van der Waals surface area contributed by atoms with Crippen molar-refractivity contribution in [2.45, 2.75) is 31.6 Å². The third-order valence-electron chi connectivity index (χ3n) is 2.28. The van der Waals surface area contributed by atoms with E-state index < -0.39 is 9.05 Å². The second kappa shape index (κ2) is 5.91. The van der Waals surface area contributed by atoms with Gasteiger partial charge in [-0.15, -0.1) is 0 Å². The molecule has 0 spiro atoms. The van der Waals surface area contributed by atoms with E-state index in [0.29, 0.717) is 17.7 Å². The normalized spacial score (nSPS) is 11.3. The van der Waals surface area contributed by atoms with Gasteiger partial charge < -0.3 is 5.32 Å². The van der Waals surface area contributed by atoms with Gasteiger partial charge in [0.15, 0.2) is 0 Å². The second-order valence-electron chi connectivity index (χ2n) is 3.83. The molecule has 0 aliphatic carbocycles. The molecule has 1 rings (SSSR count). The van der Waals surface area contributed by atoms with Gasteiger partial charge in [-0.1, -0.05) is 18.5 Å². The van der Waals surface area contributed by atoms with Crippen molar-refractivity contribution in [1.82, 2.24) is 0 Å². The van der Waals surface area contributed by atoms with Crippen LogP contribution >= 0.6 is 22.3 Å². The quantitative estimate of drug-likeness (QED) is 0.868. The molecule has 0 saturated heterocycles. The molecule has 18 heavy (non-hydrogen) atoms. The molecular weight excluding hydrogens is 297 g/mol. The summed E-state index contributed by atoms with van der Waals surface area (Å²) in [5.74, 6) is -0.163. The van der Waals surface area contributed by atoms with Gasteiger partial charge in [-0.05, 0) is 31.0 Å². The lowest BCUT2D eigenvalue weighted by molar-refractivity contribution is -0.116. The molecule has 0 radical (unpaired) electrons. The Morgan fingerprint density at radius 2 is 2.00 bits per heavy atom. The van der Waals surface area contributed by atoms with E-state index in [1.165, 1.54) is 12.1 Å². The zero-order valence-electron chi connectivity index (χ0n) is 9.96. The summed E-state index contributed by atoms with van der Waals surface area (Å²) in [7, 11) is 1.41. The second-order valence-corrected chi connectivity index (χ2v) is 6.81. The smallest absolute Gasteiger partial charge is 0.261 e. The van der Waals surface area contributed by atoms with Gasteiger partial charge in [-0.2, -0.15) is 0 Å². The number of halogens is 2. The third kappa shape index (κ3) is 3.86. The molecule has 0 bridgehead atoms. The van der Waals surface area contributed by atoms with E-state index in [4.69, 9.17) is 22.3 Å². The maximum Gasteiger partial charge on any atom is 0.261 e. The molecule has 0 fully saturated rings. The zero-order chi connectivity index (χ0) is 13.9. The predicted molar refractivity (Wildman–Crippen MR) is 72.8 cm³/mol. The molecule has 0 heterocycles. The highest BCUT2D eigenvalue weighted by atomic mass is 35.7. The third-order valence-corrected chi connectivity index (χ3v) is 3.92. The van der Waals surface area contributed by atoms with Crippen LogP contribution in [0.3, 0.4) is 0 Å². The number of hydrogen-bond donors (Lipinski definition) is 1. The number of aryl methyl sites for hydroxylation is 1. The number of anilines is 1. The van der Waals surface area contributed by atoms with Gasteiger partial charge in [0.1, 0.15) is 0 Å². The van der Waals surface area contributed by atoms with Crippen molar-refractivity contribution in [1.29, 1.82) is 0 Å². The predicted octanol–water partition coefficient (Wildman–Crippen LogP) is 3.31. The number of carbonyl (C=O) groups excluding carboxylic acids is 1. The highest BCUT2D eigenvalue weighted by Crippen LogP contribution is 2.30. The van der Waals surface area contributed by atoms with Crippen molar-refractivity contribution in [2.75, 3.05) is 5.32 Å². The molecular formula is C11H13Cl2NO3S. The summed E-state index contributed by atoms with van der Waals surface area (Å²) in [6.07, 6.45) is 1.10. The largest absolute Gasteiger partial charge is 0.325 e. The van der Waals surface area contributed by atoms with E-state index >= 15 is 0 Å². The van der Waals surface area contributed by atoms with Crippen molar-refractivity contribution in [3.05, 3.63) is 22.7 Å². The van der Waals surface area contributed by atoms with E-state index in [-0.39, 0.29) is 15.8 Å². The van der Waals surface area contributed by atoms with Crippen LogP contribution in [0.25, 0.3) is 0 Å². The average molecular weight is 310 g/mol. The van der Waals surface area contributed by atoms with E-state index in [0.717, 1.165) is 6.42 Å². The van der Waals surface area contributed by atoms with Crippen LogP contribution in [-0.2, 0) is 13.8 Å². The summed E-state index contributed by atoms with van der Waals surface area (Å²) < 4.78 is 22.4. The van der Waals surface area contributed by atoms with Crippen molar-refractivity contribution >= 4 is 42.9 Å². The fourth-order valence-corrected chi connectivity index (χ4v) is 2.66. The molecule has 1 aromatic carbocycles. The molecule has 0 saturated carbocycles. The first-order valence-corrected chi connectivity index (χ1v) is 7.99. The maximum atomic E-state index is 11.5. The molecule has 100 valence electrons.